The van der Waals surface area contributed by atoms with Crippen molar-refractivity contribution in [2.45, 2.75) is 0 Å². The van der Waals surface area contributed by atoms with Crippen LogP contribution in [-0.2, 0) is 4.79 Å². The third-order valence-electron chi connectivity index (χ3n) is 3.82. The summed E-state index contributed by atoms with van der Waals surface area (Å²) in [5.41, 5.74) is 2.40. The molecular formula is C23H19NO4. The Morgan fingerprint density at radius 1 is 0.929 bits per heavy atom. The third kappa shape index (κ3) is 5.32. The van der Waals surface area contributed by atoms with Crippen LogP contribution in [0.15, 0.2) is 83.9 Å². The van der Waals surface area contributed by atoms with Gasteiger partial charge in [-0.1, -0.05) is 30.3 Å². The monoisotopic (exact) mass is 373 g/mol. The Hall–Kier alpha value is -3.86. The molecular weight excluding hydrogens is 354 g/mol. The van der Waals surface area contributed by atoms with E-state index in [1.54, 1.807) is 54.8 Å². The van der Waals surface area contributed by atoms with Gasteiger partial charge in [-0.2, -0.15) is 0 Å². The van der Waals surface area contributed by atoms with E-state index in [0.717, 1.165) is 11.1 Å². The molecule has 3 rings (SSSR count). The van der Waals surface area contributed by atoms with E-state index in [0.29, 0.717) is 17.2 Å². The van der Waals surface area contributed by atoms with Crippen molar-refractivity contribution >= 4 is 23.9 Å². The first-order valence-electron chi connectivity index (χ1n) is 8.60. The van der Waals surface area contributed by atoms with E-state index < -0.39 is 5.97 Å². The summed E-state index contributed by atoms with van der Waals surface area (Å²) in [5.74, 6) is 0.448. The number of benzene rings is 3. The van der Waals surface area contributed by atoms with Gasteiger partial charge in [-0.15, -0.1) is 0 Å². The maximum Gasteiger partial charge on any atom is 0.336 e. The summed E-state index contributed by atoms with van der Waals surface area (Å²) in [5, 5.41) is 9.30. The van der Waals surface area contributed by atoms with Crippen molar-refractivity contribution in [3.8, 4) is 17.2 Å². The zero-order valence-corrected chi connectivity index (χ0v) is 15.3. The molecule has 5 nitrogen and oxygen atoms in total. The highest BCUT2D eigenvalue weighted by Crippen LogP contribution is 2.28. The zero-order chi connectivity index (χ0) is 19.8. The normalized spacial score (nSPS) is 11.0. The molecule has 0 heterocycles. The van der Waals surface area contributed by atoms with Gasteiger partial charge < -0.3 is 14.6 Å². The summed E-state index contributed by atoms with van der Waals surface area (Å²) in [6, 6.07) is 21.2. The minimum atomic E-state index is -0.493. The summed E-state index contributed by atoms with van der Waals surface area (Å²) in [7, 11) is 1.51. The first-order valence-corrected chi connectivity index (χ1v) is 8.60. The lowest BCUT2D eigenvalue weighted by Gasteiger charge is -2.08. The highest BCUT2D eigenvalue weighted by molar-refractivity contribution is 5.89. The molecule has 0 radical (unpaired) electrons. The standard InChI is InChI=1S/C23H19NO4/c1-27-22-15-18(16-24-19-9-11-20(25)12-10-19)7-13-21(22)28-23(26)14-8-17-5-3-2-4-6-17/h2-16,25H,1H3. The molecule has 0 aliphatic carbocycles. The van der Waals surface area contributed by atoms with Crippen LogP contribution in [0.3, 0.4) is 0 Å². The molecule has 5 heteroatoms. The van der Waals surface area contributed by atoms with E-state index in [9.17, 15) is 9.90 Å². The van der Waals surface area contributed by atoms with E-state index in [4.69, 9.17) is 9.47 Å². The first-order chi connectivity index (χ1) is 13.6. The topological polar surface area (TPSA) is 68.1 Å². The minimum absolute atomic E-state index is 0.188. The van der Waals surface area contributed by atoms with Gasteiger partial charge in [0.15, 0.2) is 11.5 Å². The van der Waals surface area contributed by atoms with Crippen LogP contribution in [0.1, 0.15) is 11.1 Å². The Labute approximate surface area is 163 Å². The van der Waals surface area contributed by atoms with Gasteiger partial charge in [-0.05, 0) is 59.7 Å². The van der Waals surface area contributed by atoms with Crippen molar-refractivity contribution in [3.63, 3.8) is 0 Å². The molecule has 140 valence electrons. The lowest BCUT2D eigenvalue weighted by Crippen LogP contribution is -2.05. The number of hydrogen-bond acceptors (Lipinski definition) is 5. The average molecular weight is 373 g/mol. The smallest absolute Gasteiger partial charge is 0.336 e. The fourth-order valence-corrected chi connectivity index (χ4v) is 2.41. The molecule has 0 amide bonds. The SMILES string of the molecule is COc1cc(C=Nc2ccc(O)cc2)ccc1OC(=O)C=Cc1ccccc1. The summed E-state index contributed by atoms with van der Waals surface area (Å²) < 4.78 is 10.7. The lowest BCUT2D eigenvalue weighted by molar-refractivity contribution is -0.129. The summed E-state index contributed by atoms with van der Waals surface area (Å²) >= 11 is 0. The van der Waals surface area contributed by atoms with E-state index in [1.165, 1.54) is 13.2 Å². The fraction of sp³-hybridized carbons (Fsp3) is 0.0435. The second-order valence-electron chi connectivity index (χ2n) is 5.85. The molecule has 0 aromatic heterocycles. The summed E-state index contributed by atoms with van der Waals surface area (Å²) in [6.45, 7) is 0. The molecule has 0 aliphatic rings. The number of phenolic OH excluding ortho intramolecular Hbond substituents is 1. The number of aliphatic imine (C=N–C) groups is 1. The summed E-state index contributed by atoms with van der Waals surface area (Å²) in [4.78, 5) is 16.4. The van der Waals surface area contributed by atoms with Gasteiger partial charge in [0.25, 0.3) is 0 Å². The number of carbonyl (C=O) groups excluding carboxylic acids is 1. The predicted molar refractivity (Wildman–Crippen MR) is 109 cm³/mol. The molecule has 1 N–H and O–H groups in total. The molecule has 0 unspecified atom stereocenters. The van der Waals surface area contributed by atoms with Crippen molar-refractivity contribution < 1.29 is 19.4 Å². The number of phenols is 1. The maximum absolute atomic E-state index is 12.1. The Bertz CT molecular complexity index is 993. The zero-order valence-electron chi connectivity index (χ0n) is 15.3. The molecule has 0 saturated heterocycles. The van der Waals surface area contributed by atoms with Crippen LogP contribution >= 0.6 is 0 Å². The molecule has 3 aromatic carbocycles. The van der Waals surface area contributed by atoms with E-state index in [1.807, 2.05) is 30.3 Å². The number of aromatic hydroxyl groups is 1. The number of hydrogen-bond donors (Lipinski definition) is 1. The Morgan fingerprint density at radius 2 is 1.68 bits per heavy atom. The molecule has 3 aromatic rings. The molecule has 0 fully saturated rings. The second-order valence-corrected chi connectivity index (χ2v) is 5.85. The van der Waals surface area contributed by atoms with Gasteiger partial charge in [0.2, 0.25) is 0 Å². The van der Waals surface area contributed by atoms with Crippen LogP contribution in [-0.4, -0.2) is 24.4 Å². The van der Waals surface area contributed by atoms with Crippen LogP contribution in [0.4, 0.5) is 5.69 Å². The largest absolute Gasteiger partial charge is 0.508 e. The van der Waals surface area contributed by atoms with Crippen molar-refractivity contribution in [2.24, 2.45) is 4.99 Å². The van der Waals surface area contributed by atoms with Gasteiger partial charge in [-0.25, -0.2) is 4.79 Å². The highest BCUT2D eigenvalue weighted by Gasteiger charge is 2.08. The predicted octanol–water partition coefficient (Wildman–Crippen LogP) is 4.77. The van der Waals surface area contributed by atoms with E-state index in [2.05, 4.69) is 4.99 Å². The third-order valence-corrected chi connectivity index (χ3v) is 3.82. The van der Waals surface area contributed by atoms with Crippen LogP contribution in [0.2, 0.25) is 0 Å². The van der Waals surface area contributed by atoms with Crippen molar-refractivity contribution in [3.05, 3.63) is 90.0 Å². The Kier molecular flexibility index (Phi) is 6.21. The van der Waals surface area contributed by atoms with Crippen LogP contribution in [0.5, 0.6) is 17.2 Å². The molecule has 28 heavy (non-hydrogen) atoms. The number of methoxy groups -OCH3 is 1. The molecule has 0 spiro atoms. The maximum atomic E-state index is 12.1. The van der Waals surface area contributed by atoms with Gasteiger partial charge in [0.1, 0.15) is 5.75 Å². The van der Waals surface area contributed by atoms with Crippen molar-refractivity contribution in [1.82, 2.24) is 0 Å². The molecule has 0 saturated carbocycles. The number of rotatable bonds is 6. The summed E-state index contributed by atoms with van der Waals surface area (Å²) in [6.07, 6.45) is 4.72. The van der Waals surface area contributed by atoms with Crippen LogP contribution in [0.25, 0.3) is 6.08 Å². The lowest BCUT2D eigenvalue weighted by atomic mass is 10.2. The van der Waals surface area contributed by atoms with Gasteiger partial charge in [-0.3, -0.25) is 4.99 Å². The van der Waals surface area contributed by atoms with Gasteiger partial charge >= 0.3 is 5.97 Å². The Balaban J connectivity index is 1.69. The Morgan fingerprint density at radius 3 is 2.39 bits per heavy atom. The van der Waals surface area contributed by atoms with Crippen molar-refractivity contribution in [2.75, 3.05) is 7.11 Å². The van der Waals surface area contributed by atoms with Crippen LogP contribution < -0.4 is 9.47 Å². The van der Waals surface area contributed by atoms with Crippen molar-refractivity contribution in [1.29, 1.82) is 0 Å². The van der Waals surface area contributed by atoms with Gasteiger partial charge in [0.05, 0.1) is 12.8 Å². The minimum Gasteiger partial charge on any atom is -0.508 e. The number of carbonyl (C=O) groups is 1. The number of esters is 1. The molecule has 0 aliphatic heterocycles. The fourth-order valence-electron chi connectivity index (χ4n) is 2.41. The average Bonchev–Trinajstić information content (AvgIpc) is 2.73. The van der Waals surface area contributed by atoms with E-state index in [-0.39, 0.29) is 5.75 Å². The quantitative estimate of drug-likeness (QED) is 0.292. The highest BCUT2D eigenvalue weighted by atomic mass is 16.6. The van der Waals surface area contributed by atoms with Gasteiger partial charge in [0, 0.05) is 12.3 Å². The molecule has 0 atom stereocenters. The second kappa shape index (κ2) is 9.19. The molecule has 0 bridgehead atoms. The van der Waals surface area contributed by atoms with Crippen LogP contribution in [0, 0.1) is 0 Å². The number of ether oxygens (including phenoxy) is 2. The number of nitrogens with zero attached hydrogens (tertiary/aromatic N) is 1. The first kappa shape index (κ1) is 18.9. The van der Waals surface area contributed by atoms with E-state index >= 15 is 0 Å².